The number of primary sulfonamides is 1. The summed E-state index contributed by atoms with van der Waals surface area (Å²) >= 11 is 0. The second-order valence-electron chi connectivity index (χ2n) is 7.24. The molecule has 0 unspecified atom stereocenters. The number of nitrogens with two attached hydrogens (primary N) is 1. The number of hydrogen-bond acceptors (Lipinski definition) is 4. The predicted octanol–water partition coefficient (Wildman–Crippen LogP) is 2.26. The van der Waals surface area contributed by atoms with Gasteiger partial charge in [0.1, 0.15) is 0 Å². The molecule has 0 aliphatic heterocycles. The van der Waals surface area contributed by atoms with Crippen LogP contribution in [-0.2, 0) is 21.2 Å². The summed E-state index contributed by atoms with van der Waals surface area (Å²) in [7, 11) is -0.113. The van der Waals surface area contributed by atoms with Crippen molar-refractivity contribution in [1.29, 1.82) is 0 Å². The maximum Gasteiger partial charge on any atom is 0.238 e. The lowest BCUT2D eigenvalue weighted by Gasteiger charge is -2.30. The average molecular weight is 524 g/mol. The number of rotatable bonds is 9. The normalized spacial score (nSPS) is 16.5. The van der Waals surface area contributed by atoms with Crippen LogP contribution in [0.1, 0.15) is 37.7 Å². The maximum absolute atomic E-state index is 11.3. The number of guanidine groups is 1. The van der Waals surface area contributed by atoms with Crippen molar-refractivity contribution in [2.24, 2.45) is 15.5 Å². The first kappa shape index (κ1) is 25.1. The molecule has 28 heavy (non-hydrogen) atoms. The van der Waals surface area contributed by atoms with E-state index in [-0.39, 0.29) is 28.9 Å². The molecule has 1 fully saturated rings. The smallest absolute Gasteiger partial charge is 0.238 e. The molecular weight excluding hydrogens is 491 g/mol. The van der Waals surface area contributed by atoms with Gasteiger partial charge < -0.3 is 15.4 Å². The van der Waals surface area contributed by atoms with E-state index in [1.165, 1.54) is 37.8 Å². The van der Waals surface area contributed by atoms with E-state index in [1.54, 1.807) is 26.3 Å². The standard InChI is InChI=1S/C19H32N4O3S.HI/c1-21-18(23-15-19(12-14-26-2)10-3-4-11-19)22-13-9-16-5-7-17(8-6-16)27(20,24)25;/h5-8H,3-4,9-15H2,1-2H3,(H2,20,24,25)(H2,21,22,23);1H. The van der Waals surface area contributed by atoms with Crippen molar-refractivity contribution in [3.8, 4) is 0 Å². The van der Waals surface area contributed by atoms with Crippen LogP contribution < -0.4 is 15.8 Å². The van der Waals surface area contributed by atoms with Gasteiger partial charge in [0.15, 0.2) is 5.96 Å². The Morgan fingerprint density at radius 2 is 1.86 bits per heavy atom. The van der Waals surface area contributed by atoms with E-state index in [2.05, 4.69) is 15.6 Å². The second-order valence-corrected chi connectivity index (χ2v) is 8.80. The molecule has 0 heterocycles. The SMILES string of the molecule is CN=C(NCCc1ccc(S(N)(=O)=O)cc1)NCC1(CCOC)CCCC1.I. The number of halogens is 1. The van der Waals surface area contributed by atoms with Crippen molar-refractivity contribution in [2.45, 2.75) is 43.4 Å². The number of methoxy groups -OCH3 is 1. The molecule has 0 spiro atoms. The van der Waals surface area contributed by atoms with Crippen LogP contribution in [0.15, 0.2) is 34.2 Å². The summed E-state index contributed by atoms with van der Waals surface area (Å²) in [4.78, 5) is 4.44. The monoisotopic (exact) mass is 524 g/mol. The Bertz CT molecular complexity index is 717. The van der Waals surface area contributed by atoms with E-state index in [4.69, 9.17) is 9.88 Å². The minimum atomic E-state index is -3.64. The lowest BCUT2D eigenvalue weighted by molar-refractivity contribution is 0.138. The van der Waals surface area contributed by atoms with E-state index in [9.17, 15) is 8.42 Å². The number of hydrogen-bond donors (Lipinski definition) is 3. The van der Waals surface area contributed by atoms with Crippen LogP contribution >= 0.6 is 24.0 Å². The van der Waals surface area contributed by atoms with Crippen molar-refractivity contribution < 1.29 is 13.2 Å². The first-order valence-electron chi connectivity index (χ1n) is 9.44. The number of ether oxygens (including phenoxy) is 1. The highest BCUT2D eigenvalue weighted by molar-refractivity contribution is 14.0. The van der Waals surface area contributed by atoms with Crippen molar-refractivity contribution in [3.63, 3.8) is 0 Å². The minimum absolute atomic E-state index is 0. The molecule has 0 radical (unpaired) electrons. The molecule has 1 aromatic rings. The summed E-state index contributed by atoms with van der Waals surface area (Å²) in [5, 5.41) is 11.9. The molecule has 1 saturated carbocycles. The predicted molar refractivity (Wildman–Crippen MR) is 124 cm³/mol. The molecule has 7 nitrogen and oxygen atoms in total. The quantitative estimate of drug-likeness (QED) is 0.261. The van der Waals surface area contributed by atoms with Gasteiger partial charge in [-0.3, -0.25) is 4.99 Å². The Morgan fingerprint density at radius 3 is 2.39 bits per heavy atom. The zero-order chi connectivity index (χ0) is 19.8. The third kappa shape index (κ3) is 7.84. The molecule has 0 saturated heterocycles. The highest BCUT2D eigenvalue weighted by atomic mass is 127. The Hall–Kier alpha value is -0.910. The summed E-state index contributed by atoms with van der Waals surface area (Å²) in [6.07, 6.45) is 6.87. The van der Waals surface area contributed by atoms with Gasteiger partial charge in [-0.25, -0.2) is 13.6 Å². The van der Waals surface area contributed by atoms with Crippen molar-refractivity contribution in [1.82, 2.24) is 10.6 Å². The molecule has 9 heteroatoms. The van der Waals surface area contributed by atoms with Crippen LogP contribution in [0.4, 0.5) is 0 Å². The number of nitrogens with one attached hydrogen (secondary N) is 2. The minimum Gasteiger partial charge on any atom is -0.385 e. The van der Waals surface area contributed by atoms with Crippen LogP contribution in [0, 0.1) is 5.41 Å². The molecule has 160 valence electrons. The number of nitrogens with zero attached hydrogens (tertiary/aromatic N) is 1. The summed E-state index contributed by atoms with van der Waals surface area (Å²) in [6, 6.07) is 6.65. The molecule has 1 aliphatic rings. The maximum atomic E-state index is 11.3. The molecule has 0 amide bonds. The topological polar surface area (TPSA) is 106 Å². The van der Waals surface area contributed by atoms with Gasteiger partial charge >= 0.3 is 0 Å². The molecule has 0 atom stereocenters. The lowest BCUT2D eigenvalue weighted by Crippen LogP contribution is -2.43. The van der Waals surface area contributed by atoms with Gasteiger partial charge in [-0.1, -0.05) is 25.0 Å². The zero-order valence-electron chi connectivity index (χ0n) is 16.7. The second kappa shape index (κ2) is 11.9. The summed E-state index contributed by atoms with van der Waals surface area (Å²) in [5.41, 5.74) is 1.34. The molecule has 1 aromatic carbocycles. The number of benzene rings is 1. The first-order chi connectivity index (χ1) is 12.9. The number of aliphatic imine (C=N–C) groups is 1. The lowest BCUT2D eigenvalue weighted by atomic mass is 9.83. The molecule has 2 rings (SSSR count). The molecule has 0 aromatic heterocycles. The average Bonchev–Trinajstić information content (AvgIpc) is 3.11. The van der Waals surface area contributed by atoms with Gasteiger partial charge in [-0.2, -0.15) is 0 Å². The van der Waals surface area contributed by atoms with Gasteiger partial charge in [0, 0.05) is 33.9 Å². The van der Waals surface area contributed by atoms with Gasteiger partial charge in [0.2, 0.25) is 10.0 Å². The van der Waals surface area contributed by atoms with Crippen LogP contribution in [0.25, 0.3) is 0 Å². The largest absolute Gasteiger partial charge is 0.385 e. The fraction of sp³-hybridized carbons (Fsp3) is 0.632. The van der Waals surface area contributed by atoms with E-state index in [1.807, 2.05) is 0 Å². The Kier molecular flexibility index (Phi) is 10.7. The zero-order valence-corrected chi connectivity index (χ0v) is 19.9. The first-order valence-corrected chi connectivity index (χ1v) is 11.0. The van der Waals surface area contributed by atoms with E-state index >= 15 is 0 Å². The molecule has 1 aliphatic carbocycles. The fourth-order valence-electron chi connectivity index (χ4n) is 3.62. The van der Waals surface area contributed by atoms with E-state index in [0.29, 0.717) is 12.0 Å². The van der Waals surface area contributed by atoms with Gasteiger partial charge in [0.25, 0.3) is 0 Å². The third-order valence-electron chi connectivity index (χ3n) is 5.31. The highest BCUT2D eigenvalue weighted by Gasteiger charge is 2.33. The van der Waals surface area contributed by atoms with Crippen molar-refractivity contribution in [3.05, 3.63) is 29.8 Å². The number of sulfonamides is 1. The third-order valence-corrected chi connectivity index (χ3v) is 6.24. The van der Waals surface area contributed by atoms with E-state index in [0.717, 1.165) is 37.5 Å². The Labute approximate surface area is 186 Å². The molecular formula is C19H33IN4O3S. The van der Waals surface area contributed by atoms with Crippen LogP contribution in [-0.4, -0.2) is 48.2 Å². The van der Waals surface area contributed by atoms with Crippen molar-refractivity contribution in [2.75, 3.05) is 33.9 Å². The van der Waals surface area contributed by atoms with Gasteiger partial charge in [0.05, 0.1) is 4.90 Å². The summed E-state index contributed by atoms with van der Waals surface area (Å²) < 4.78 is 27.9. The highest BCUT2D eigenvalue weighted by Crippen LogP contribution is 2.40. The Morgan fingerprint density at radius 1 is 1.21 bits per heavy atom. The van der Waals surface area contributed by atoms with Crippen LogP contribution in [0.3, 0.4) is 0 Å². The molecule has 0 bridgehead atoms. The van der Waals surface area contributed by atoms with Gasteiger partial charge in [-0.15, -0.1) is 24.0 Å². The summed E-state index contributed by atoms with van der Waals surface area (Å²) in [5.74, 6) is 0.792. The Balaban J connectivity index is 0.00000392. The fourth-order valence-corrected chi connectivity index (χ4v) is 4.14. The van der Waals surface area contributed by atoms with Crippen molar-refractivity contribution >= 4 is 40.0 Å². The van der Waals surface area contributed by atoms with Gasteiger partial charge in [-0.05, 0) is 48.8 Å². The summed E-state index contributed by atoms with van der Waals surface area (Å²) in [6.45, 7) is 2.40. The molecule has 4 N–H and O–H groups in total. The van der Waals surface area contributed by atoms with E-state index < -0.39 is 10.0 Å². The van der Waals surface area contributed by atoms with Crippen LogP contribution in [0.5, 0.6) is 0 Å². The van der Waals surface area contributed by atoms with Crippen LogP contribution in [0.2, 0.25) is 0 Å².